The highest BCUT2D eigenvalue weighted by Gasteiger charge is 2.02. The number of hydrogen-bond donors (Lipinski definition) is 1. The summed E-state index contributed by atoms with van der Waals surface area (Å²) in [6, 6.07) is 13.7. The molecule has 2 rings (SSSR count). The molecule has 5 heteroatoms. The lowest BCUT2D eigenvalue weighted by Gasteiger charge is -2.07. The summed E-state index contributed by atoms with van der Waals surface area (Å²) in [6.45, 7) is 1.18. The molecular formula is C18H19BrFNO2. The molecule has 1 N–H and O–H groups in total. The van der Waals surface area contributed by atoms with Gasteiger partial charge in [-0.15, -0.1) is 0 Å². The minimum atomic E-state index is -0.272. The minimum absolute atomic E-state index is 0.0202. The largest absolute Gasteiger partial charge is 0.494 e. The first-order valence-corrected chi connectivity index (χ1v) is 8.32. The molecule has 0 atom stereocenters. The number of ether oxygens (including phenoxy) is 1. The molecule has 0 unspecified atom stereocenters. The van der Waals surface area contributed by atoms with Crippen molar-refractivity contribution in [3.63, 3.8) is 0 Å². The third-order valence-corrected chi connectivity index (χ3v) is 3.78. The van der Waals surface area contributed by atoms with Crippen molar-refractivity contribution in [1.29, 1.82) is 0 Å². The molecule has 23 heavy (non-hydrogen) atoms. The van der Waals surface area contributed by atoms with Gasteiger partial charge in [0, 0.05) is 11.0 Å². The van der Waals surface area contributed by atoms with Crippen molar-refractivity contribution in [2.75, 3.05) is 13.2 Å². The number of nitrogens with one attached hydrogen (secondary N) is 1. The van der Waals surface area contributed by atoms with E-state index in [4.69, 9.17) is 4.74 Å². The number of hydrogen-bond acceptors (Lipinski definition) is 2. The standard InChI is InChI=1S/C18H19BrFNO2/c19-15-5-3-14(4-6-15)13-18(22)21-11-1-2-12-23-17-9-7-16(20)8-10-17/h3-10H,1-2,11-13H2,(H,21,22). The second kappa shape index (κ2) is 9.30. The second-order valence-corrected chi connectivity index (χ2v) is 6.08. The summed E-state index contributed by atoms with van der Waals surface area (Å²) in [5, 5.41) is 2.90. The van der Waals surface area contributed by atoms with Crippen LogP contribution in [0.15, 0.2) is 53.0 Å². The van der Waals surface area contributed by atoms with Crippen molar-refractivity contribution in [3.05, 3.63) is 64.4 Å². The Hall–Kier alpha value is -1.88. The van der Waals surface area contributed by atoms with Crippen molar-refractivity contribution in [3.8, 4) is 5.75 Å². The zero-order chi connectivity index (χ0) is 16.5. The fourth-order valence-electron chi connectivity index (χ4n) is 2.03. The molecule has 0 heterocycles. The molecule has 0 aliphatic heterocycles. The highest BCUT2D eigenvalue weighted by atomic mass is 79.9. The van der Waals surface area contributed by atoms with Crippen LogP contribution in [0.5, 0.6) is 5.75 Å². The fourth-order valence-corrected chi connectivity index (χ4v) is 2.29. The Kier molecular flexibility index (Phi) is 7.07. The van der Waals surface area contributed by atoms with Gasteiger partial charge in [0.25, 0.3) is 0 Å². The third-order valence-electron chi connectivity index (χ3n) is 3.25. The molecule has 0 saturated carbocycles. The second-order valence-electron chi connectivity index (χ2n) is 5.16. The van der Waals surface area contributed by atoms with E-state index < -0.39 is 0 Å². The maximum atomic E-state index is 12.7. The molecule has 2 aromatic carbocycles. The monoisotopic (exact) mass is 379 g/mol. The maximum Gasteiger partial charge on any atom is 0.224 e. The summed E-state index contributed by atoms with van der Waals surface area (Å²) >= 11 is 3.37. The van der Waals surface area contributed by atoms with Crippen LogP contribution in [0.2, 0.25) is 0 Å². The first-order chi connectivity index (χ1) is 11.1. The summed E-state index contributed by atoms with van der Waals surface area (Å²) in [7, 11) is 0. The van der Waals surface area contributed by atoms with E-state index in [1.165, 1.54) is 12.1 Å². The zero-order valence-corrected chi connectivity index (χ0v) is 14.3. The summed E-state index contributed by atoms with van der Waals surface area (Å²) < 4.78 is 19.2. The van der Waals surface area contributed by atoms with Crippen LogP contribution in [0.1, 0.15) is 18.4 Å². The lowest BCUT2D eigenvalue weighted by atomic mass is 10.1. The number of amides is 1. The van der Waals surface area contributed by atoms with Gasteiger partial charge in [-0.25, -0.2) is 4.39 Å². The lowest BCUT2D eigenvalue weighted by molar-refractivity contribution is -0.120. The van der Waals surface area contributed by atoms with Gasteiger partial charge in [0.15, 0.2) is 0 Å². The average Bonchev–Trinajstić information content (AvgIpc) is 2.54. The van der Waals surface area contributed by atoms with Crippen molar-refractivity contribution < 1.29 is 13.9 Å². The van der Waals surface area contributed by atoms with Crippen molar-refractivity contribution in [1.82, 2.24) is 5.32 Å². The number of benzene rings is 2. The van der Waals surface area contributed by atoms with Gasteiger partial charge in [0.05, 0.1) is 13.0 Å². The molecule has 2 aromatic rings. The fraction of sp³-hybridized carbons (Fsp3) is 0.278. The molecule has 0 fully saturated rings. The zero-order valence-electron chi connectivity index (χ0n) is 12.7. The van der Waals surface area contributed by atoms with Crippen LogP contribution in [0.4, 0.5) is 4.39 Å². The predicted molar refractivity (Wildman–Crippen MR) is 92.0 cm³/mol. The summed E-state index contributed by atoms with van der Waals surface area (Å²) in [5.41, 5.74) is 0.991. The number of unbranched alkanes of at least 4 members (excludes halogenated alkanes) is 1. The molecule has 122 valence electrons. The van der Waals surface area contributed by atoms with Gasteiger partial charge >= 0.3 is 0 Å². The smallest absolute Gasteiger partial charge is 0.224 e. The maximum absolute atomic E-state index is 12.7. The van der Waals surface area contributed by atoms with Gasteiger partial charge in [-0.3, -0.25) is 4.79 Å². The number of carbonyl (C=O) groups is 1. The van der Waals surface area contributed by atoms with Crippen LogP contribution in [-0.4, -0.2) is 19.1 Å². The Bertz CT molecular complexity index is 614. The van der Waals surface area contributed by atoms with E-state index in [2.05, 4.69) is 21.2 Å². The van der Waals surface area contributed by atoms with E-state index in [1.54, 1.807) is 12.1 Å². The molecule has 0 bridgehead atoms. The highest BCUT2D eigenvalue weighted by Crippen LogP contribution is 2.12. The molecule has 0 aliphatic rings. The molecule has 0 aliphatic carbocycles. The number of halogens is 2. The van der Waals surface area contributed by atoms with E-state index in [0.717, 1.165) is 22.9 Å². The first-order valence-electron chi connectivity index (χ1n) is 7.53. The van der Waals surface area contributed by atoms with Crippen LogP contribution < -0.4 is 10.1 Å². The Balaban J connectivity index is 1.55. The van der Waals surface area contributed by atoms with Gasteiger partial charge in [0.2, 0.25) is 5.91 Å². The van der Waals surface area contributed by atoms with Gasteiger partial charge in [-0.1, -0.05) is 28.1 Å². The first kappa shape index (κ1) is 17.5. The molecule has 0 radical (unpaired) electrons. The van der Waals surface area contributed by atoms with Crippen LogP contribution in [-0.2, 0) is 11.2 Å². The van der Waals surface area contributed by atoms with Crippen LogP contribution in [0.3, 0.4) is 0 Å². The average molecular weight is 380 g/mol. The van der Waals surface area contributed by atoms with Gasteiger partial charge in [-0.05, 0) is 54.8 Å². The topological polar surface area (TPSA) is 38.3 Å². The molecule has 1 amide bonds. The number of rotatable bonds is 8. The quantitative estimate of drug-likeness (QED) is 0.701. The van der Waals surface area contributed by atoms with Crippen LogP contribution >= 0.6 is 15.9 Å². The van der Waals surface area contributed by atoms with Crippen molar-refractivity contribution in [2.45, 2.75) is 19.3 Å². The Morgan fingerprint density at radius 2 is 1.74 bits per heavy atom. The molecule has 0 saturated heterocycles. The van der Waals surface area contributed by atoms with E-state index in [0.29, 0.717) is 25.3 Å². The van der Waals surface area contributed by atoms with Crippen LogP contribution in [0.25, 0.3) is 0 Å². The summed E-state index contributed by atoms with van der Waals surface area (Å²) in [6.07, 6.45) is 2.06. The molecular weight excluding hydrogens is 361 g/mol. The molecule has 0 spiro atoms. The Labute approximate surface area is 144 Å². The molecule has 3 nitrogen and oxygen atoms in total. The van der Waals surface area contributed by atoms with Crippen molar-refractivity contribution >= 4 is 21.8 Å². The van der Waals surface area contributed by atoms with E-state index in [9.17, 15) is 9.18 Å². The van der Waals surface area contributed by atoms with Gasteiger partial charge < -0.3 is 10.1 Å². The third kappa shape index (κ3) is 6.82. The Morgan fingerprint density at radius 3 is 2.43 bits per heavy atom. The summed E-state index contributed by atoms with van der Waals surface area (Å²) in [5.74, 6) is 0.406. The predicted octanol–water partition coefficient (Wildman–Crippen LogP) is 4.11. The van der Waals surface area contributed by atoms with Gasteiger partial charge in [-0.2, -0.15) is 0 Å². The molecule has 0 aromatic heterocycles. The minimum Gasteiger partial charge on any atom is -0.494 e. The Morgan fingerprint density at radius 1 is 1.04 bits per heavy atom. The number of carbonyl (C=O) groups excluding carboxylic acids is 1. The SMILES string of the molecule is O=C(Cc1ccc(Br)cc1)NCCCCOc1ccc(F)cc1. The highest BCUT2D eigenvalue weighted by molar-refractivity contribution is 9.10. The normalized spacial score (nSPS) is 10.3. The lowest BCUT2D eigenvalue weighted by Crippen LogP contribution is -2.26. The van der Waals surface area contributed by atoms with Crippen molar-refractivity contribution in [2.24, 2.45) is 0 Å². The van der Waals surface area contributed by atoms with E-state index >= 15 is 0 Å². The summed E-state index contributed by atoms with van der Waals surface area (Å²) in [4.78, 5) is 11.8. The van der Waals surface area contributed by atoms with Gasteiger partial charge in [0.1, 0.15) is 11.6 Å². The van der Waals surface area contributed by atoms with E-state index in [1.807, 2.05) is 24.3 Å². The van der Waals surface area contributed by atoms with Crippen LogP contribution in [0, 0.1) is 5.82 Å². The van der Waals surface area contributed by atoms with E-state index in [-0.39, 0.29) is 11.7 Å².